The number of para-hydroxylation sites is 2. The molecule has 0 saturated carbocycles. The van der Waals surface area contributed by atoms with Crippen LogP contribution >= 0.6 is 11.6 Å². The second kappa shape index (κ2) is 8.63. The summed E-state index contributed by atoms with van der Waals surface area (Å²) in [6, 6.07) is 15.6. The Kier molecular flexibility index (Phi) is 5.78. The third kappa shape index (κ3) is 4.29. The smallest absolute Gasteiger partial charge is 0.247 e. The zero-order valence-electron chi connectivity index (χ0n) is 15.8. The lowest BCUT2D eigenvalue weighted by atomic mass is 10.2. The number of halogens is 1. The van der Waals surface area contributed by atoms with Crippen LogP contribution in [0.25, 0.3) is 11.5 Å². The van der Waals surface area contributed by atoms with E-state index in [1.165, 1.54) is 0 Å². The molecule has 1 fully saturated rings. The van der Waals surface area contributed by atoms with Gasteiger partial charge >= 0.3 is 0 Å². The van der Waals surface area contributed by atoms with Gasteiger partial charge in [-0.3, -0.25) is 4.90 Å². The van der Waals surface area contributed by atoms with E-state index >= 15 is 0 Å². The minimum absolute atomic E-state index is 0.524. The van der Waals surface area contributed by atoms with Crippen molar-refractivity contribution in [3.63, 3.8) is 0 Å². The Morgan fingerprint density at radius 2 is 1.75 bits per heavy atom. The average Bonchev–Trinajstić information content (AvgIpc) is 3.18. The standard InChI is InChI=1S/C21H23ClN4O2/c1-2-27-19-6-4-3-5-18(19)26-13-11-25(12-14-26)15-20-23-24-21(28-20)16-7-9-17(22)10-8-16/h3-10H,2,11-15H2,1H3. The van der Waals surface area contributed by atoms with Gasteiger partial charge in [0.05, 0.1) is 18.8 Å². The fourth-order valence-electron chi connectivity index (χ4n) is 3.36. The number of hydrogen-bond acceptors (Lipinski definition) is 6. The summed E-state index contributed by atoms with van der Waals surface area (Å²) < 4.78 is 11.6. The van der Waals surface area contributed by atoms with Crippen LogP contribution in [0.2, 0.25) is 5.02 Å². The molecule has 0 N–H and O–H groups in total. The lowest BCUT2D eigenvalue weighted by Gasteiger charge is -2.36. The van der Waals surface area contributed by atoms with E-state index in [1.807, 2.05) is 43.3 Å². The molecule has 1 aromatic heterocycles. The second-order valence-electron chi connectivity index (χ2n) is 6.67. The summed E-state index contributed by atoms with van der Waals surface area (Å²) in [5.41, 5.74) is 2.03. The van der Waals surface area contributed by atoms with Crippen molar-refractivity contribution in [3.05, 3.63) is 59.4 Å². The maximum Gasteiger partial charge on any atom is 0.247 e. The molecule has 3 aromatic rings. The van der Waals surface area contributed by atoms with Gasteiger partial charge in [-0.1, -0.05) is 23.7 Å². The van der Waals surface area contributed by atoms with Gasteiger partial charge in [-0.15, -0.1) is 10.2 Å². The topological polar surface area (TPSA) is 54.6 Å². The van der Waals surface area contributed by atoms with Gasteiger partial charge in [0.1, 0.15) is 5.75 Å². The molecule has 0 radical (unpaired) electrons. The summed E-state index contributed by atoms with van der Waals surface area (Å²) in [4.78, 5) is 4.70. The van der Waals surface area contributed by atoms with Crippen LogP contribution in [-0.4, -0.2) is 47.9 Å². The molecule has 4 rings (SSSR count). The van der Waals surface area contributed by atoms with Crippen molar-refractivity contribution in [1.29, 1.82) is 0 Å². The summed E-state index contributed by atoms with van der Waals surface area (Å²) in [5.74, 6) is 2.10. The van der Waals surface area contributed by atoms with E-state index in [-0.39, 0.29) is 0 Å². The summed E-state index contributed by atoms with van der Waals surface area (Å²) in [6.07, 6.45) is 0. The number of ether oxygens (including phenoxy) is 1. The van der Waals surface area contributed by atoms with Gasteiger partial charge in [0, 0.05) is 36.8 Å². The Bertz CT molecular complexity index is 905. The number of nitrogens with zero attached hydrogens (tertiary/aromatic N) is 4. The largest absolute Gasteiger partial charge is 0.492 e. The van der Waals surface area contributed by atoms with Crippen LogP contribution in [0.4, 0.5) is 5.69 Å². The highest BCUT2D eigenvalue weighted by molar-refractivity contribution is 6.30. The van der Waals surface area contributed by atoms with Crippen molar-refractivity contribution in [2.24, 2.45) is 0 Å². The molecule has 0 unspecified atom stereocenters. The molecule has 0 spiro atoms. The van der Waals surface area contributed by atoms with Gasteiger partial charge in [-0.2, -0.15) is 0 Å². The van der Waals surface area contributed by atoms with Crippen molar-refractivity contribution >= 4 is 17.3 Å². The predicted octanol–water partition coefficient (Wildman–Crippen LogP) is 4.11. The number of rotatable bonds is 6. The van der Waals surface area contributed by atoms with E-state index in [9.17, 15) is 0 Å². The molecule has 7 heteroatoms. The Balaban J connectivity index is 1.36. The monoisotopic (exact) mass is 398 g/mol. The normalized spacial score (nSPS) is 15.0. The zero-order valence-corrected chi connectivity index (χ0v) is 16.6. The first kappa shape index (κ1) is 18.8. The Labute approximate surface area is 169 Å². The summed E-state index contributed by atoms with van der Waals surface area (Å²) in [7, 11) is 0. The van der Waals surface area contributed by atoms with Gasteiger partial charge < -0.3 is 14.1 Å². The number of benzene rings is 2. The van der Waals surface area contributed by atoms with Crippen molar-refractivity contribution in [1.82, 2.24) is 15.1 Å². The number of piperazine rings is 1. The molecule has 6 nitrogen and oxygen atoms in total. The molecule has 0 bridgehead atoms. The molecule has 28 heavy (non-hydrogen) atoms. The molecule has 1 saturated heterocycles. The van der Waals surface area contributed by atoms with Crippen LogP contribution in [-0.2, 0) is 6.54 Å². The van der Waals surface area contributed by atoms with Crippen molar-refractivity contribution in [3.8, 4) is 17.2 Å². The van der Waals surface area contributed by atoms with Crippen LogP contribution in [0.5, 0.6) is 5.75 Å². The van der Waals surface area contributed by atoms with E-state index in [0.717, 1.165) is 43.2 Å². The first-order chi connectivity index (χ1) is 13.7. The first-order valence-electron chi connectivity index (χ1n) is 9.50. The Morgan fingerprint density at radius 1 is 1.00 bits per heavy atom. The molecule has 1 aliphatic rings. The quantitative estimate of drug-likeness (QED) is 0.622. The molecular weight excluding hydrogens is 376 g/mol. The van der Waals surface area contributed by atoms with Gasteiger partial charge in [0.25, 0.3) is 0 Å². The minimum Gasteiger partial charge on any atom is -0.492 e. The fraction of sp³-hybridized carbons (Fsp3) is 0.333. The Morgan fingerprint density at radius 3 is 2.50 bits per heavy atom. The third-order valence-electron chi connectivity index (χ3n) is 4.79. The van der Waals surface area contributed by atoms with Crippen LogP contribution in [0.3, 0.4) is 0 Å². The molecule has 1 aliphatic heterocycles. The highest BCUT2D eigenvalue weighted by Gasteiger charge is 2.21. The summed E-state index contributed by atoms with van der Waals surface area (Å²) in [5, 5.41) is 9.05. The van der Waals surface area contributed by atoms with Crippen LogP contribution in [0.1, 0.15) is 12.8 Å². The SMILES string of the molecule is CCOc1ccccc1N1CCN(Cc2nnc(-c3ccc(Cl)cc3)o2)CC1. The fourth-order valence-corrected chi connectivity index (χ4v) is 3.49. The lowest BCUT2D eigenvalue weighted by Crippen LogP contribution is -2.46. The average molecular weight is 399 g/mol. The van der Waals surface area contributed by atoms with E-state index in [0.29, 0.717) is 30.0 Å². The van der Waals surface area contributed by atoms with Gasteiger partial charge in [0.15, 0.2) is 0 Å². The van der Waals surface area contributed by atoms with Gasteiger partial charge in [-0.05, 0) is 43.3 Å². The Hall–Kier alpha value is -2.57. The second-order valence-corrected chi connectivity index (χ2v) is 7.11. The predicted molar refractivity (Wildman–Crippen MR) is 110 cm³/mol. The molecule has 0 aliphatic carbocycles. The number of hydrogen-bond donors (Lipinski definition) is 0. The highest BCUT2D eigenvalue weighted by atomic mass is 35.5. The van der Waals surface area contributed by atoms with Crippen molar-refractivity contribution in [2.75, 3.05) is 37.7 Å². The van der Waals surface area contributed by atoms with E-state index in [1.54, 1.807) is 0 Å². The van der Waals surface area contributed by atoms with Crippen LogP contribution in [0, 0.1) is 0 Å². The molecule has 146 valence electrons. The molecule has 2 heterocycles. The van der Waals surface area contributed by atoms with E-state index in [2.05, 4.69) is 32.1 Å². The van der Waals surface area contributed by atoms with E-state index < -0.39 is 0 Å². The zero-order chi connectivity index (χ0) is 19.3. The third-order valence-corrected chi connectivity index (χ3v) is 5.05. The van der Waals surface area contributed by atoms with Crippen LogP contribution < -0.4 is 9.64 Å². The molecule has 2 aromatic carbocycles. The number of aromatic nitrogens is 2. The highest BCUT2D eigenvalue weighted by Crippen LogP contribution is 2.29. The molecular formula is C21H23ClN4O2. The molecule has 0 atom stereocenters. The van der Waals surface area contributed by atoms with E-state index in [4.69, 9.17) is 20.8 Å². The minimum atomic E-state index is 0.524. The maximum atomic E-state index is 5.93. The van der Waals surface area contributed by atoms with Crippen molar-refractivity contribution in [2.45, 2.75) is 13.5 Å². The molecule has 0 amide bonds. The first-order valence-corrected chi connectivity index (χ1v) is 9.88. The van der Waals surface area contributed by atoms with Gasteiger partial charge in [-0.25, -0.2) is 0 Å². The maximum absolute atomic E-state index is 5.93. The van der Waals surface area contributed by atoms with Gasteiger partial charge in [0.2, 0.25) is 11.8 Å². The number of anilines is 1. The summed E-state index contributed by atoms with van der Waals surface area (Å²) >= 11 is 5.93. The lowest BCUT2D eigenvalue weighted by molar-refractivity contribution is 0.226. The van der Waals surface area contributed by atoms with Crippen molar-refractivity contribution < 1.29 is 9.15 Å². The summed E-state index contributed by atoms with van der Waals surface area (Å²) in [6.45, 7) is 7.06. The van der Waals surface area contributed by atoms with Crippen LogP contribution in [0.15, 0.2) is 52.9 Å².